The average Bonchev–Trinajstić information content (AvgIpc) is 3.09. The van der Waals surface area contributed by atoms with Crippen LogP contribution in [0.2, 0.25) is 0 Å². The van der Waals surface area contributed by atoms with Crippen LogP contribution in [0.4, 0.5) is 4.79 Å². The molecule has 0 bridgehead atoms. The Balaban J connectivity index is 1.60. The van der Waals surface area contributed by atoms with Crippen molar-refractivity contribution < 1.29 is 18.8 Å². The van der Waals surface area contributed by atoms with Crippen molar-refractivity contribution in [1.29, 1.82) is 0 Å². The van der Waals surface area contributed by atoms with Crippen molar-refractivity contribution in [2.75, 3.05) is 13.1 Å². The van der Waals surface area contributed by atoms with Gasteiger partial charge in [-0.1, -0.05) is 29.8 Å². The van der Waals surface area contributed by atoms with E-state index in [1.165, 1.54) is 0 Å². The highest BCUT2D eigenvalue weighted by atomic mass is 32.2. The fourth-order valence-corrected chi connectivity index (χ4v) is 3.60. The van der Waals surface area contributed by atoms with Gasteiger partial charge in [0.15, 0.2) is 0 Å². The van der Waals surface area contributed by atoms with Crippen LogP contribution in [-0.2, 0) is 4.79 Å². The SMILES string of the molecule is Cc1ccc(/C=C2\SC(=O)N(CCNC(=O)c3cc(C)oc3C)C2=O)cc1. The summed E-state index contributed by atoms with van der Waals surface area (Å²) in [5, 5.41) is 2.39. The number of furan rings is 1. The van der Waals surface area contributed by atoms with Gasteiger partial charge in [-0.3, -0.25) is 19.3 Å². The van der Waals surface area contributed by atoms with Crippen LogP contribution in [-0.4, -0.2) is 35.0 Å². The van der Waals surface area contributed by atoms with Crippen molar-refractivity contribution in [3.05, 3.63) is 63.4 Å². The molecule has 1 aliphatic rings. The molecule has 1 aromatic carbocycles. The third-order valence-corrected chi connectivity index (χ3v) is 5.06. The molecule has 1 aliphatic heterocycles. The summed E-state index contributed by atoms with van der Waals surface area (Å²) in [4.78, 5) is 38.3. The van der Waals surface area contributed by atoms with E-state index in [4.69, 9.17) is 4.42 Å². The lowest BCUT2D eigenvalue weighted by molar-refractivity contribution is -0.122. The third kappa shape index (κ3) is 4.31. The van der Waals surface area contributed by atoms with E-state index in [0.717, 1.165) is 27.8 Å². The van der Waals surface area contributed by atoms with Crippen LogP contribution < -0.4 is 5.32 Å². The average molecular weight is 384 g/mol. The van der Waals surface area contributed by atoms with Crippen LogP contribution in [0, 0.1) is 20.8 Å². The Morgan fingerprint density at radius 3 is 2.52 bits per heavy atom. The van der Waals surface area contributed by atoms with E-state index < -0.39 is 0 Å². The maximum Gasteiger partial charge on any atom is 0.293 e. The summed E-state index contributed by atoms with van der Waals surface area (Å²) < 4.78 is 5.34. The predicted molar refractivity (Wildman–Crippen MR) is 104 cm³/mol. The fraction of sp³-hybridized carbons (Fsp3) is 0.250. The molecule has 2 aromatic rings. The molecule has 7 heteroatoms. The number of hydrogen-bond acceptors (Lipinski definition) is 5. The number of imide groups is 1. The van der Waals surface area contributed by atoms with E-state index in [-0.39, 0.29) is 30.1 Å². The molecule has 3 amide bonds. The third-order valence-electron chi connectivity index (χ3n) is 4.16. The van der Waals surface area contributed by atoms with E-state index >= 15 is 0 Å². The molecule has 27 heavy (non-hydrogen) atoms. The molecule has 1 aromatic heterocycles. The normalized spacial score (nSPS) is 15.7. The van der Waals surface area contributed by atoms with Gasteiger partial charge in [0.05, 0.1) is 10.5 Å². The first-order valence-corrected chi connectivity index (χ1v) is 9.34. The number of nitrogens with one attached hydrogen (secondary N) is 1. The smallest absolute Gasteiger partial charge is 0.293 e. The number of carbonyl (C=O) groups is 3. The molecule has 0 radical (unpaired) electrons. The lowest BCUT2D eigenvalue weighted by atomic mass is 10.1. The Hall–Kier alpha value is -2.80. The van der Waals surface area contributed by atoms with Crippen LogP contribution in [0.1, 0.15) is 33.0 Å². The van der Waals surface area contributed by atoms with Crippen molar-refractivity contribution in [3.63, 3.8) is 0 Å². The minimum absolute atomic E-state index is 0.123. The summed E-state index contributed by atoms with van der Waals surface area (Å²) in [6.45, 7) is 5.77. The Morgan fingerprint density at radius 2 is 1.89 bits per heavy atom. The topological polar surface area (TPSA) is 79.6 Å². The number of carbonyl (C=O) groups excluding carboxylic acids is 3. The van der Waals surface area contributed by atoms with E-state index in [1.54, 1.807) is 26.0 Å². The number of rotatable bonds is 5. The van der Waals surface area contributed by atoms with Gasteiger partial charge in [-0.05, 0) is 50.2 Å². The molecule has 2 heterocycles. The summed E-state index contributed by atoms with van der Waals surface area (Å²) in [6, 6.07) is 9.36. The summed E-state index contributed by atoms with van der Waals surface area (Å²) in [5.41, 5.74) is 2.45. The second kappa shape index (κ2) is 7.84. The molecule has 1 saturated heterocycles. The Labute approximate surface area is 161 Å². The van der Waals surface area contributed by atoms with Gasteiger partial charge in [-0.15, -0.1) is 0 Å². The first kappa shape index (κ1) is 19.0. The van der Waals surface area contributed by atoms with Crippen molar-refractivity contribution in [3.8, 4) is 0 Å². The maximum absolute atomic E-state index is 12.5. The lowest BCUT2D eigenvalue weighted by Crippen LogP contribution is -2.37. The molecule has 0 atom stereocenters. The van der Waals surface area contributed by atoms with E-state index in [9.17, 15) is 14.4 Å². The Morgan fingerprint density at radius 1 is 1.19 bits per heavy atom. The zero-order valence-corrected chi connectivity index (χ0v) is 16.2. The highest BCUT2D eigenvalue weighted by Gasteiger charge is 2.34. The molecule has 0 spiro atoms. The molecular weight excluding hydrogens is 364 g/mol. The molecular formula is C20H20N2O4S. The zero-order chi connectivity index (χ0) is 19.6. The lowest BCUT2D eigenvalue weighted by Gasteiger charge is -2.12. The molecule has 1 N–H and O–H groups in total. The first-order chi connectivity index (χ1) is 12.8. The van der Waals surface area contributed by atoms with Gasteiger partial charge in [-0.25, -0.2) is 0 Å². The Kier molecular flexibility index (Phi) is 5.51. The van der Waals surface area contributed by atoms with Crippen LogP contribution in [0.3, 0.4) is 0 Å². The van der Waals surface area contributed by atoms with Crippen LogP contribution in [0.15, 0.2) is 39.7 Å². The minimum atomic E-state index is -0.338. The second-order valence-electron chi connectivity index (χ2n) is 6.33. The fourth-order valence-electron chi connectivity index (χ4n) is 2.74. The molecule has 6 nitrogen and oxygen atoms in total. The molecule has 1 fully saturated rings. The van der Waals surface area contributed by atoms with Crippen LogP contribution >= 0.6 is 11.8 Å². The summed E-state index contributed by atoms with van der Waals surface area (Å²) >= 11 is 0.913. The second-order valence-corrected chi connectivity index (χ2v) is 7.32. The van der Waals surface area contributed by atoms with Gasteiger partial charge in [-0.2, -0.15) is 0 Å². The largest absolute Gasteiger partial charge is 0.466 e. The molecule has 0 aliphatic carbocycles. The van der Waals surface area contributed by atoms with Gasteiger partial charge in [0.25, 0.3) is 17.1 Å². The highest BCUT2D eigenvalue weighted by Crippen LogP contribution is 2.31. The summed E-state index contributed by atoms with van der Waals surface area (Å²) in [6.07, 6.45) is 1.71. The monoisotopic (exact) mass is 384 g/mol. The number of thioether (sulfide) groups is 1. The number of amides is 3. The van der Waals surface area contributed by atoms with Crippen molar-refractivity contribution >= 4 is 34.9 Å². The standard InChI is InChI=1S/C20H20N2O4S/c1-12-4-6-15(7-5-12)11-17-19(24)22(20(25)27-17)9-8-21-18(23)16-10-13(2)26-14(16)3/h4-7,10-11H,8-9H2,1-3H3,(H,21,23)/b17-11-. The molecule has 0 saturated carbocycles. The molecule has 140 valence electrons. The van der Waals surface area contributed by atoms with Crippen LogP contribution in [0.25, 0.3) is 6.08 Å². The quantitative estimate of drug-likeness (QED) is 0.796. The maximum atomic E-state index is 12.5. The van der Waals surface area contributed by atoms with E-state index in [2.05, 4.69) is 5.32 Å². The van der Waals surface area contributed by atoms with Gasteiger partial charge < -0.3 is 9.73 Å². The van der Waals surface area contributed by atoms with Crippen molar-refractivity contribution in [2.45, 2.75) is 20.8 Å². The first-order valence-electron chi connectivity index (χ1n) is 8.52. The van der Waals surface area contributed by atoms with Crippen molar-refractivity contribution in [2.24, 2.45) is 0 Å². The summed E-state index contributed by atoms with van der Waals surface area (Å²) in [7, 11) is 0. The zero-order valence-electron chi connectivity index (χ0n) is 15.4. The van der Waals surface area contributed by atoms with Crippen molar-refractivity contribution in [1.82, 2.24) is 10.2 Å². The van der Waals surface area contributed by atoms with Gasteiger partial charge >= 0.3 is 0 Å². The van der Waals surface area contributed by atoms with Gasteiger partial charge in [0, 0.05) is 13.1 Å². The number of hydrogen-bond donors (Lipinski definition) is 1. The Bertz CT molecular complexity index is 928. The van der Waals surface area contributed by atoms with E-state index in [0.29, 0.717) is 22.0 Å². The molecule has 0 unspecified atom stereocenters. The minimum Gasteiger partial charge on any atom is -0.466 e. The van der Waals surface area contributed by atoms with E-state index in [1.807, 2.05) is 31.2 Å². The predicted octanol–water partition coefficient (Wildman–Crippen LogP) is 3.67. The van der Waals surface area contributed by atoms with Gasteiger partial charge in [0.2, 0.25) is 0 Å². The van der Waals surface area contributed by atoms with Gasteiger partial charge in [0.1, 0.15) is 11.5 Å². The van der Waals surface area contributed by atoms with Crippen LogP contribution in [0.5, 0.6) is 0 Å². The summed E-state index contributed by atoms with van der Waals surface area (Å²) in [5.74, 6) is 0.573. The molecule has 3 rings (SSSR count). The number of aryl methyl sites for hydroxylation is 3. The number of benzene rings is 1. The highest BCUT2D eigenvalue weighted by molar-refractivity contribution is 8.18. The number of nitrogens with zero attached hydrogens (tertiary/aromatic N) is 1.